The Morgan fingerprint density at radius 3 is 2.27 bits per heavy atom. The Morgan fingerprint density at radius 2 is 1.68 bits per heavy atom. The third-order valence-electron chi connectivity index (χ3n) is 3.52. The Hall–Kier alpha value is -1.94. The van der Waals surface area contributed by atoms with Gasteiger partial charge in [-0.3, -0.25) is 0 Å². The fraction of sp³-hybridized carbons (Fsp3) is 0.176. The molecule has 3 aromatic rings. The third-order valence-corrected chi connectivity index (χ3v) is 3.80. The van der Waals surface area contributed by atoms with Crippen molar-refractivity contribution in [2.45, 2.75) is 19.5 Å². The lowest BCUT2D eigenvalue weighted by Gasteiger charge is -2.08. The van der Waals surface area contributed by atoms with Crippen molar-refractivity contribution < 1.29 is 17.6 Å². The number of hydrogen-bond donors (Lipinski definition) is 0. The zero-order valence-electron chi connectivity index (χ0n) is 11.7. The molecule has 5 heteroatoms. The van der Waals surface area contributed by atoms with Crippen molar-refractivity contribution >= 4 is 22.6 Å². The van der Waals surface area contributed by atoms with Crippen LogP contribution in [0.3, 0.4) is 0 Å². The number of halogens is 4. The summed E-state index contributed by atoms with van der Waals surface area (Å²) in [5.74, 6) is 0.821. The predicted molar refractivity (Wildman–Crippen MR) is 81.0 cm³/mol. The average Bonchev–Trinajstić information content (AvgIpc) is 2.90. The Kier molecular flexibility index (Phi) is 3.65. The summed E-state index contributed by atoms with van der Waals surface area (Å²) < 4.78 is 43.4. The van der Waals surface area contributed by atoms with Crippen LogP contribution in [0.15, 0.2) is 46.9 Å². The molecule has 3 rings (SSSR count). The van der Waals surface area contributed by atoms with Gasteiger partial charge in [0.25, 0.3) is 0 Å². The molecule has 0 saturated carbocycles. The average molecular weight is 325 g/mol. The maximum atomic E-state index is 12.6. The van der Waals surface area contributed by atoms with Gasteiger partial charge in [-0.2, -0.15) is 13.2 Å². The Labute approximate surface area is 130 Å². The summed E-state index contributed by atoms with van der Waals surface area (Å²) in [5.41, 5.74) is 1.37. The minimum Gasteiger partial charge on any atom is -0.460 e. The van der Waals surface area contributed by atoms with E-state index in [0.29, 0.717) is 16.2 Å². The van der Waals surface area contributed by atoms with E-state index in [1.54, 1.807) is 6.07 Å². The van der Waals surface area contributed by atoms with E-state index in [0.717, 1.165) is 35.3 Å². The molecule has 1 aromatic heterocycles. The molecule has 0 unspecified atom stereocenters. The standard InChI is InChI=1S/C17H12ClF3O/c1-2-14-8-12-7-11(9-15(18)16(12)22-14)10-3-5-13(6-4-10)17(19,20)21/h3-9H,2H2,1H3. The normalized spacial score (nSPS) is 12.0. The van der Waals surface area contributed by atoms with Crippen LogP contribution in [0.4, 0.5) is 13.2 Å². The van der Waals surface area contributed by atoms with E-state index in [1.165, 1.54) is 12.1 Å². The molecule has 0 amide bonds. The van der Waals surface area contributed by atoms with Crippen molar-refractivity contribution in [3.63, 3.8) is 0 Å². The second-order valence-electron chi connectivity index (χ2n) is 5.02. The molecule has 0 bridgehead atoms. The monoisotopic (exact) mass is 324 g/mol. The first kappa shape index (κ1) is 15.0. The first-order valence-corrected chi connectivity index (χ1v) is 7.16. The molecule has 0 atom stereocenters. The van der Waals surface area contributed by atoms with Crippen LogP contribution in [-0.2, 0) is 12.6 Å². The highest BCUT2D eigenvalue weighted by Gasteiger charge is 2.30. The van der Waals surface area contributed by atoms with Crippen molar-refractivity contribution in [3.05, 3.63) is 58.8 Å². The minimum atomic E-state index is -4.33. The van der Waals surface area contributed by atoms with E-state index >= 15 is 0 Å². The van der Waals surface area contributed by atoms with Gasteiger partial charge in [0.15, 0.2) is 5.58 Å². The zero-order chi connectivity index (χ0) is 15.9. The largest absolute Gasteiger partial charge is 0.460 e. The second-order valence-corrected chi connectivity index (χ2v) is 5.42. The molecule has 2 aromatic carbocycles. The van der Waals surface area contributed by atoms with Crippen LogP contribution in [0.5, 0.6) is 0 Å². The number of fused-ring (bicyclic) bond motifs is 1. The lowest BCUT2D eigenvalue weighted by molar-refractivity contribution is -0.137. The Bertz CT molecular complexity index is 816. The van der Waals surface area contributed by atoms with Crippen LogP contribution in [-0.4, -0.2) is 0 Å². The van der Waals surface area contributed by atoms with Gasteiger partial charge in [0.05, 0.1) is 10.6 Å². The van der Waals surface area contributed by atoms with Crippen LogP contribution >= 0.6 is 11.6 Å². The summed E-state index contributed by atoms with van der Waals surface area (Å²) >= 11 is 6.21. The summed E-state index contributed by atoms with van der Waals surface area (Å²) in [4.78, 5) is 0. The summed E-state index contributed by atoms with van der Waals surface area (Å²) in [6.07, 6.45) is -3.58. The van der Waals surface area contributed by atoms with E-state index in [1.807, 2.05) is 19.1 Å². The van der Waals surface area contributed by atoms with E-state index in [9.17, 15) is 13.2 Å². The van der Waals surface area contributed by atoms with Gasteiger partial charge >= 0.3 is 6.18 Å². The molecular weight excluding hydrogens is 313 g/mol. The van der Waals surface area contributed by atoms with Crippen molar-refractivity contribution in [3.8, 4) is 11.1 Å². The van der Waals surface area contributed by atoms with Gasteiger partial charge in [-0.1, -0.05) is 30.7 Å². The Balaban J connectivity index is 2.06. The molecule has 0 saturated heterocycles. The molecule has 114 valence electrons. The molecule has 0 radical (unpaired) electrons. The van der Waals surface area contributed by atoms with Crippen LogP contribution in [0, 0.1) is 0 Å². The third kappa shape index (κ3) is 2.71. The van der Waals surface area contributed by atoms with Gasteiger partial charge in [-0.25, -0.2) is 0 Å². The highest BCUT2D eigenvalue weighted by Crippen LogP contribution is 2.35. The molecule has 1 nitrogen and oxygen atoms in total. The van der Waals surface area contributed by atoms with E-state index < -0.39 is 11.7 Å². The van der Waals surface area contributed by atoms with Crippen molar-refractivity contribution in [2.24, 2.45) is 0 Å². The highest BCUT2D eigenvalue weighted by atomic mass is 35.5. The van der Waals surface area contributed by atoms with Crippen LogP contribution in [0.2, 0.25) is 5.02 Å². The lowest BCUT2D eigenvalue weighted by atomic mass is 10.0. The smallest absolute Gasteiger partial charge is 0.416 e. The summed E-state index contributed by atoms with van der Waals surface area (Å²) in [7, 11) is 0. The van der Waals surface area contributed by atoms with Crippen LogP contribution < -0.4 is 0 Å². The van der Waals surface area contributed by atoms with Gasteiger partial charge in [0, 0.05) is 11.8 Å². The number of benzene rings is 2. The molecule has 0 spiro atoms. The van der Waals surface area contributed by atoms with Gasteiger partial charge in [-0.15, -0.1) is 0 Å². The first-order chi connectivity index (χ1) is 10.4. The maximum Gasteiger partial charge on any atom is 0.416 e. The van der Waals surface area contributed by atoms with Gasteiger partial charge < -0.3 is 4.42 Å². The second kappa shape index (κ2) is 5.36. The summed E-state index contributed by atoms with van der Waals surface area (Å²) in [6.45, 7) is 1.97. The maximum absolute atomic E-state index is 12.6. The zero-order valence-corrected chi connectivity index (χ0v) is 12.4. The van der Waals surface area contributed by atoms with Gasteiger partial charge in [0.1, 0.15) is 5.76 Å². The SMILES string of the molecule is CCc1cc2cc(-c3ccc(C(F)(F)F)cc3)cc(Cl)c2o1. The highest BCUT2D eigenvalue weighted by molar-refractivity contribution is 6.35. The van der Waals surface area contributed by atoms with Crippen LogP contribution in [0.1, 0.15) is 18.2 Å². The minimum absolute atomic E-state index is 0.451. The summed E-state index contributed by atoms with van der Waals surface area (Å²) in [6, 6.07) is 10.5. The van der Waals surface area contributed by atoms with Gasteiger partial charge in [0.2, 0.25) is 0 Å². The van der Waals surface area contributed by atoms with Crippen LogP contribution in [0.25, 0.3) is 22.1 Å². The fourth-order valence-electron chi connectivity index (χ4n) is 2.36. The summed E-state index contributed by atoms with van der Waals surface area (Å²) in [5, 5.41) is 1.30. The number of furan rings is 1. The molecule has 0 aliphatic heterocycles. The van der Waals surface area contributed by atoms with E-state index in [4.69, 9.17) is 16.0 Å². The molecule has 0 N–H and O–H groups in total. The van der Waals surface area contributed by atoms with E-state index in [-0.39, 0.29) is 0 Å². The molecule has 0 aliphatic carbocycles. The molecular formula is C17H12ClF3O. The molecule has 22 heavy (non-hydrogen) atoms. The lowest BCUT2D eigenvalue weighted by Crippen LogP contribution is -2.03. The van der Waals surface area contributed by atoms with Crippen molar-refractivity contribution in [2.75, 3.05) is 0 Å². The first-order valence-electron chi connectivity index (χ1n) is 6.78. The molecule has 1 heterocycles. The van der Waals surface area contributed by atoms with Crippen molar-refractivity contribution in [1.82, 2.24) is 0 Å². The fourth-order valence-corrected chi connectivity index (χ4v) is 2.62. The van der Waals surface area contributed by atoms with E-state index in [2.05, 4.69) is 0 Å². The number of rotatable bonds is 2. The number of aryl methyl sites for hydroxylation is 1. The topological polar surface area (TPSA) is 13.1 Å². The molecule has 0 aliphatic rings. The number of alkyl halides is 3. The molecule has 0 fully saturated rings. The number of hydrogen-bond acceptors (Lipinski definition) is 1. The Morgan fingerprint density at radius 1 is 1.00 bits per heavy atom. The van der Waals surface area contributed by atoms with Crippen molar-refractivity contribution in [1.29, 1.82) is 0 Å². The van der Waals surface area contributed by atoms with Gasteiger partial charge in [-0.05, 0) is 41.5 Å². The predicted octanol–water partition coefficient (Wildman–Crippen LogP) is 6.33. The quantitative estimate of drug-likeness (QED) is 0.536.